The molecule has 25 heavy (non-hydrogen) atoms. The molecule has 1 atom stereocenters. The predicted octanol–water partition coefficient (Wildman–Crippen LogP) is 1.97. The van der Waals surface area contributed by atoms with Crippen molar-refractivity contribution >= 4 is 11.6 Å². The van der Waals surface area contributed by atoms with Gasteiger partial charge in [0.05, 0.1) is 23.0 Å². The Morgan fingerprint density at radius 3 is 2.96 bits per heavy atom. The van der Waals surface area contributed by atoms with Crippen LogP contribution < -0.4 is 10.2 Å². The van der Waals surface area contributed by atoms with E-state index in [9.17, 15) is 10.1 Å². The fourth-order valence-corrected chi connectivity index (χ4v) is 3.38. The molecule has 1 saturated heterocycles. The summed E-state index contributed by atoms with van der Waals surface area (Å²) in [7, 11) is 1.60. The van der Waals surface area contributed by atoms with Gasteiger partial charge in [0.2, 0.25) is 0 Å². The Morgan fingerprint density at radius 2 is 2.24 bits per heavy atom. The summed E-state index contributed by atoms with van der Waals surface area (Å²) in [4.78, 5) is 18.3. The highest BCUT2D eigenvalue weighted by atomic mass is 16.1. The zero-order valence-corrected chi connectivity index (χ0v) is 14.8. The number of piperidine rings is 1. The third-order valence-corrected chi connectivity index (χ3v) is 4.60. The monoisotopic (exact) mass is 338 g/mol. The van der Waals surface area contributed by atoms with E-state index in [-0.39, 0.29) is 11.9 Å². The molecule has 1 amide bonds. The molecular weight excluding hydrogens is 316 g/mol. The first-order chi connectivity index (χ1) is 12.0. The zero-order valence-electron chi connectivity index (χ0n) is 14.8. The number of carbonyl (C=O) groups is 1. The van der Waals surface area contributed by atoms with Gasteiger partial charge in [0.15, 0.2) is 0 Å². The number of pyridine rings is 1. The van der Waals surface area contributed by atoms with Crippen molar-refractivity contribution in [2.45, 2.75) is 32.7 Å². The molecule has 0 bridgehead atoms. The number of nitriles is 1. The summed E-state index contributed by atoms with van der Waals surface area (Å²) in [6.07, 6.45) is 3.86. The van der Waals surface area contributed by atoms with Crippen molar-refractivity contribution in [1.82, 2.24) is 20.1 Å². The number of aryl methyl sites for hydroxylation is 2. The van der Waals surface area contributed by atoms with Crippen molar-refractivity contribution in [2.75, 3.05) is 25.0 Å². The topological polar surface area (TPSA) is 86.8 Å². The number of anilines is 1. The van der Waals surface area contributed by atoms with Gasteiger partial charge in [0, 0.05) is 32.0 Å². The van der Waals surface area contributed by atoms with Crippen LogP contribution in [0.4, 0.5) is 5.69 Å². The third-order valence-electron chi connectivity index (χ3n) is 4.60. The highest BCUT2D eigenvalue weighted by Gasteiger charge is 2.25. The fourth-order valence-electron chi connectivity index (χ4n) is 3.38. The molecule has 3 heterocycles. The Bertz CT molecular complexity index is 835. The lowest BCUT2D eigenvalue weighted by atomic mass is 10.0. The lowest BCUT2D eigenvalue weighted by Gasteiger charge is -2.35. The molecule has 2 aromatic rings. The second-order valence-corrected chi connectivity index (χ2v) is 6.36. The Balaban J connectivity index is 1.86. The lowest BCUT2D eigenvalue weighted by molar-refractivity contribution is 0.0957. The molecule has 2 aromatic heterocycles. The second kappa shape index (κ2) is 6.93. The Hall–Kier alpha value is -2.88. The molecule has 7 heteroatoms. The highest BCUT2D eigenvalue weighted by Crippen LogP contribution is 2.29. The summed E-state index contributed by atoms with van der Waals surface area (Å²) < 4.78 is 1.86. The Kier molecular flexibility index (Phi) is 4.70. The molecule has 0 spiro atoms. The zero-order chi connectivity index (χ0) is 18.0. The van der Waals surface area contributed by atoms with Gasteiger partial charge in [-0.1, -0.05) is 0 Å². The standard InChI is InChI=1S/C18H22N6O/c1-12-9-17(15(10-19)13(2)21-12)23-7-4-5-14(11-23)24-8-6-16(22-24)18(25)20-3/h6,8-9,14H,4-5,7,11H2,1-3H3,(H,20,25)/t14-/m0/s1. The maximum atomic E-state index is 11.7. The van der Waals surface area contributed by atoms with Gasteiger partial charge in [-0.3, -0.25) is 14.5 Å². The van der Waals surface area contributed by atoms with Crippen LogP contribution in [-0.4, -0.2) is 40.8 Å². The van der Waals surface area contributed by atoms with Crippen LogP contribution in [0.25, 0.3) is 0 Å². The molecule has 1 aliphatic rings. The van der Waals surface area contributed by atoms with Crippen molar-refractivity contribution in [3.8, 4) is 6.07 Å². The van der Waals surface area contributed by atoms with Crippen molar-refractivity contribution in [2.24, 2.45) is 0 Å². The number of nitrogens with zero attached hydrogens (tertiary/aromatic N) is 5. The molecule has 1 N–H and O–H groups in total. The number of carbonyl (C=O) groups excluding carboxylic acids is 1. The van der Waals surface area contributed by atoms with E-state index in [4.69, 9.17) is 0 Å². The summed E-state index contributed by atoms with van der Waals surface area (Å²) in [5.74, 6) is -0.182. The average Bonchev–Trinajstić information content (AvgIpc) is 3.11. The summed E-state index contributed by atoms with van der Waals surface area (Å²) in [5.41, 5.74) is 3.68. The number of amides is 1. The average molecular weight is 338 g/mol. The first kappa shape index (κ1) is 17.0. The smallest absolute Gasteiger partial charge is 0.271 e. The van der Waals surface area contributed by atoms with E-state index in [0.29, 0.717) is 11.3 Å². The van der Waals surface area contributed by atoms with Gasteiger partial charge in [-0.25, -0.2) is 0 Å². The molecule has 0 aliphatic carbocycles. The van der Waals surface area contributed by atoms with E-state index in [2.05, 4.69) is 26.4 Å². The molecule has 0 aromatic carbocycles. The lowest BCUT2D eigenvalue weighted by Crippen LogP contribution is -2.37. The first-order valence-corrected chi connectivity index (χ1v) is 8.44. The van der Waals surface area contributed by atoms with E-state index in [1.807, 2.05) is 30.8 Å². The third kappa shape index (κ3) is 3.33. The molecule has 130 valence electrons. The molecule has 7 nitrogen and oxygen atoms in total. The van der Waals surface area contributed by atoms with Crippen LogP contribution in [0.15, 0.2) is 18.3 Å². The van der Waals surface area contributed by atoms with Crippen LogP contribution in [0.1, 0.15) is 46.3 Å². The minimum Gasteiger partial charge on any atom is -0.368 e. The van der Waals surface area contributed by atoms with Gasteiger partial charge in [-0.2, -0.15) is 10.4 Å². The molecule has 1 fully saturated rings. The molecule has 3 rings (SSSR count). The van der Waals surface area contributed by atoms with Gasteiger partial charge in [-0.15, -0.1) is 0 Å². The largest absolute Gasteiger partial charge is 0.368 e. The Labute approximate surface area is 147 Å². The van der Waals surface area contributed by atoms with Crippen LogP contribution in [0.5, 0.6) is 0 Å². The molecule has 1 aliphatic heterocycles. The minimum atomic E-state index is -0.182. The van der Waals surface area contributed by atoms with E-state index in [0.717, 1.165) is 43.0 Å². The quantitative estimate of drug-likeness (QED) is 0.924. The second-order valence-electron chi connectivity index (χ2n) is 6.36. The van der Waals surface area contributed by atoms with E-state index in [1.165, 1.54) is 0 Å². The van der Waals surface area contributed by atoms with E-state index in [1.54, 1.807) is 13.1 Å². The van der Waals surface area contributed by atoms with Crippen LogP contribution in [0, 0.1) is 25.2 Å². The summed E-state index contributed by atoms with van der Waals surface area (Å²) in [5, 5.41) is 16.5. The predicted molar refractivity (Wildman–Crippen MR) is 94.5 cm³/mol. The van der Waals surface area contributed by atoms with Gasteiger partial charge in [0.25, 0.3) is 5.91 Å². The van der Waals surface area contributed by atoms with Crippen LogP contribution in [0.2, 0.25) is 0 Å². The van der Waals surface area contributed by atoms with Crippen molar-refractivity contribution in [3.05, 3.63) is 41.0 Å². The van der Waals surface area contributed by atoms with Crippen molar-refractivity contribution < 1.29 is 4.79 Å². The molecule has 0 radical (unpaired) electrons. The number of hydrogen-bond donors (Lipinski definition) is 1. The first-order valence-electron chi connectivity index (χ1n) is 8.44. The number of aromatic nitrogens is 3. The van der Waals surface area contributed by atoms with Crippen LogP contribution in [-0.2, 0) is 0 Å². The van der Waals surface area contributed by atoms with Gasteiger partial charge < -0.3 is 10.2 Å². The van der Waals surface area contributed by atoms with Gasteiger partial charge in [-0.05, 0) is 38.8 Å². The van der Waals surface area contributed by atoms with E-state index < -0.39 is 0 Å². The van der Waals surface area contributed by atoms with Crippen LogP contribution >= 0.6 is 0 Å². The number of hydrogen-bond acceptors (Lipinski definition) is 5. The SMILES string of the molecule is CNC(=O)c1ccn([C@H]2CCCN(c3cc(C)nc(C)c3C#N)C2)n1. The van der Waals surface area contributed by atoms with Gasteiger partial charge >= 0.3 is 0 Å². The molecule has 0 unspecified atom stereocenters. The van der Waals surface area contributed by atoms with Crippen molar-refractivity contribution in [3.63, 3.8) is 0 Å². The minimum absolute atomic E-state index is 0.174. The maximum Gasteiger partial charge on any atom is 0.271 e. The summed E-state index contributed by atoms with van der Waals surface area (Å²) in [6.45, 7) is 5.48. The van der Waals surface area contributed by atoms with Gasteiger partial charge in [0.1, 0.15) is 11.8 Å². The fraction of sp³-hybridized carbons (Fsp3) is 0.444. The van der Waals surface area contributed by atoms with E-state index >= 15 is 0 Å². The molecular formula is C18H22N6O. The highest BCUT2D eigenvalue weighted by molar-refractivity contribution is 5.91. The van der Waals surface area contributed by atoms with Crippen molar-refractivity contribution in [1.29, 1.82) is 5.26 Å². The maximum absolute atomic E-state index is 11.7. The normalized spacial score (nSPS) is 17.2. The summed E-state index contributed by atoms with van der Waals surface area (Å²) in [6, 6.07) is 6.18. The summed E-state index contributed by atoms with van der Waals surface area (Å²) >= 11 is 0. The van der Waals surface area contributed by atoms with Crippen LogP contribution in [0.3, 0.4) is 0 Å². The molecule has 0 saturated carbocycles. The Morgan fingerprint density at radius 1 is 1.44 bits per heavy atom. The number of nitrogens with one attached hydrogen (secondary N) is 1. The number of rotatable bonds is 3.